The van der Waals surface area contributed by atoms with E-state index in [1.54, 1.807) is 0 Å². The summed E-state index contributed by atoms with van der Waals surface area (Å²) in [6, 6.07) is 0. The summed E-state index contributed by atoms with van der Waals surface area (Å²) in [5.74, 6) is -5.40. The molecule has 0 amide bonds. The van der Waals surface area contributed by atoms with E-state index >= 15 is 0 Å². The molecular weight excluding hydrogens is 324 g/mol. The van der Waals surface area contributed by atoms with Gasteiger partial charge in [-0.25, -0.2) is 26.3 Å². The maximum absolute atomic E-state index is 11.4. The third-order valence-electron chi connectivity index (χ3n) is 1.07. The van der Waals surface area contributed by atoms with E-state index < -0.39 is 49.0 Å². The SMILES string of the molecule is FC(=C(F)C(F)F)C(F)F.FC(F)(F)C=CC(F)(F)F. The van der Waals surface area contributed by atoms with Crippen LogP contribution in [0.5, 0.6) is 0 Å². The molecule has 0 aliphatic carbocycles. The lowest BCUT2D eigenvalue weighted by Crippen LogP contribution is -2.07. The Bertz CT molecular complexity index is 298. The van der Waals surface area contributed by atoms with E-state index in [1.165, 1.54) is 0 Å². The van der Waals surface area contributed by atoms with Crippen molar-refractivity contribution in [2.24, 2.45) is 0 Å². The molecule has 20 heavy (non-hydrogen) atoms. The smallest absolute Gasteiger partial charge is 0.202 e. The van der Waals surface area contributed by atoms with Crippen LogP contribution in [0.2, 0.25) is 0 Å². The van der Waals surface area contributed by atoms with Gasteiger partial charge in [0, 0.05) is 12.2 Å². The summed E-state index contributed by atoms with van der Waals surface area (Å²) >= 11 is 0. The second-order valence-corrected chi connectivity index (χ2v) is 2.71. The summed E-state index contributed by atoms with van der Waals surface area (Å²) in [5, 5.41) is 0. The van der Waals surface area contributed by atoms with Gasteiger partial charge in [0.05, 0.1) is 0 Å². The van der Waals surface area contributed by atoms with Crippen LogP contribution >= 0.6 is 0 Å². The zero-order chi connectivity index (χ0) is 16.7. The number of hydrogen-bond donors (Lipinski definition) is 0. The van der Waals surface area contributed by atoms with Crippen molar-refractivity contribution in [3.8, 4) is 0 Å². The van der Waals surface area contributed by atoms with Gasteiger partial charge < -0.3 is 0 Å². The first-order valence-corrected chi connectivity index (χ1v) is 4.12. The van der Waals surface area contributed by atoms with Crippen molar-refractivity contribution in [1.29, 1.82) is 0 Å². The van der Waals surface area contributed by atoms with Crippen LogP contribution in [0.1, 0.15) is 0 Å². The Morgan fingerprint density at radius 1 is 0.600 bits per heavy atom. The maximum atomic E-state index is 11.4. The van der Waals surface area contributed by atoms with E-state index in [0.717, 1.165) is 0 Å². The molecule has 0 aromatic heterocycles. The van der Waals surface area contributed by atoms with E-state index in [0.29, 0.717) is 0 Å². The van der Waals surface area contributed by atoms with Crippen LogP contribution in [0.25, 0.3) is 0 Å². The third-order valence-corrected chi connectivity index (χ3v) is 1.07. The molecule has 0 fully saturated rings. The highest BCUT2D eigenvalue weighted by atomic mass is 19.4. The number of hydrogen-bond acceptors (Lipinski definition) is 0. The molecule has 0 aromatic rings. The summed E-state index contributed by atoms with van der Waals surface area (Å²) in [5.41, 5.74) is 0. The maximum Gasteiger partial charge on any atom is 0.409 e. The lowest BCUT2D eigenvalue weighted by Gasteiger charge is -1.99. The van der Waals surface area contributed by atoms with Gasteiger partial charge >= 0.3 is 12.4 Å². The van der Waals surface area contributed by atoms with Crippen LogP contribution in [-0.4, -0.2) is 25.2 Å². The molecule has 0 aliphatic rings. The molecule has 0 N–H and O–H groups in total. The monoisotopic (exact) mass is 328 g/mol. The highest BCUT2D eigenvalue weighted by molar-refractivity contribution is 5.04. The van der Waals surface area contributed by atoms with Crippen molar-refractivity contribution in [2.75, 3.05) is 0 Å². The summed E-state index contributed by atoms with van der Waals surface area (Å²) in [4.78, 5) is 0. The highest BCUT2D eigenvalue weighted by Crippen LogP contribution is 2.22. The molecule has 0 unspecified atom stereocenters. The lowest BCUT2D eigenvalue weighted by molar-refractivity contribution is -0.0981. The van der Waals surface area contributed by atoms with E-state index in [9.17, 15) is 52.7 Å². The normalized spacial score (nSPS) is 14.5. The summed E-state index contributed by atoms with van der Waals surface area (Å²) in [6.07, 6.45) is -19.1. The third kappa shape index (κ3) is 13.1. The number of halogens is 12. The zero-order valence-electron chi connectivity index (χ0n) is 8.84. The van der Waals surface area contributed by atoms with Gasteiger partial charge in [-0.3, -0.25) is 0 Å². The molecule has 0 atom stereocenters. The van der Waals surface area contributed by atoms with Crippen LogP contribution in [0.3, 0.4) is 0 Å². The molecule has 12 heteroatoms. The van der Waals surface area contributed by atoms with E-state index in [2.05, 4.69) is 0 Å². The Kier molecular flexibility index (Phi) is 8.43. The molecule has 0 aliphatic heterocycles. The van der Waals surface area contributed by atoms with Crippen molar-refractivity contribution >= 4 is 0 Å². The Labute approximate surface area is 103 Å². The lowest BCUT2D eigenvalue weighted by atomic mass is 10.4. The van der Waals surface area contributed by atoms with Gasteiger partial charge in [-0.05, 0) is 0 Å². The first-order valence-electron chi connectivity index (χ1n) is 4.12. The van der Waals surface area contributed by atoms with Gasteiger partial charge in [0.1, 0.15) is 0 Å². The van der Waals surface area contributed by atoms with Crippen molar-refractivity contribution < 1.29 is 52.7 Å². The minimum Gasteiger partial charge on any atom is -0.202 e. The van der Waals surface area contributed by atoms with Crippen LogP contribution in [-0.2, 0) is 0 Å². The van der Waals surface area contributed by atoms with Crippen LogP contribution < -0.4 is 0 Å². The van der Waals surface area contributed by atoms with Crippen molar-refractivity contribution in [1.82, 2.24) is 0 Å². The molecule has 120 valence electrons. The zero-order valence-corrected chi connectivity index (χ0v) is 8.84. The Balaban J connectivity index is 0. The summed E-state index contributed by atoms with van der Waals surface area (Å²) in [6.45, 7) is 0. The highest BCUT2D eigenvalue weighted by Gasteiger charge is 2.29. The molecule has 0 heterocycles. The van der Waals surface area contributed by atoms with Crippen molar-refractivity contribution in [3.63, 3.8) is 0 Å². The van der Waals surface area contributed by atoms with E-state index in [-0.39, 0.29) is 0 Å². The van der Waals surface area contributed by atoms with Gasteiger partial charge in [-0.1, -0.05) is 0 Å². The molecular formula is C8H4F12. The molecule has 0 radical (unpaired) electrons. The fourth-order valence-corrected chi connectivity index (χ4v) is 0.397. The van der Waals surface area contributed by atoms with Crippen molar-refractivity contribution in [3.05, 3.63) is 23.8 Å². The predicted octanol–water partition coefficient (Wildman–Crippen LogP) is 5.33. The van der Waals surface area contributed by atoms with E-state index in [4.69, 9.17) is 0 Å². The number of alkyl halides is 10. The Morgan fingerprint density at radius 3 is 0.900 bits per heavy atom. The topological polar surface area (TPSA) is 0 Å². The van der Waals surface area contributed by atoms with Crippen molar-refractivity contribution in [2.45, 2.75) is 25.2 Å². The van der Waals surface area contributed by atoms with E-state index in [1.807, 2.05) is 0 Å². The average molecular weight is 328 g/mol. The average Bonchev–Trinajstić information content (AvgIpc) is 2.23. The number of allylic oxidation sites excluding steroid dienone is 4. The van der Waals surface area contributed by atoms with Gasteiger partial charge in [-0.2, -0.15) is 26.3 Å². The predicted molar refractivity (Wildman–Crippen MR) is 42.5 cm³/mol. The summed E-state index contributed by atoms with van der Waals surface area (Å²) < 4.78 is 133. The molecule has 0 rings (SSSR count). The largest absolute Gasteiger partial charge is 0.409 e. The van der Waals surface area contributed by atoms with Gasteiger partial charge in [-0.15, -0.1) is 0 Å². The van der Waals surface area contributed by atoms with Crippen LogP contribution in [0, 0.1) is 0 Å². The molecule has 0 bridgehead atoms. The minimum absolute atomic E-state index is 0.854. The second-order valence-electron chi connectivity index (χ2n) is 2.71. The molecule has 0 spiro atoms. The van der Waals surface area contributed by atoms with Gasteiger partial charge in [0.2, 0.25) is 11.7 Å². The molecule has 0 aromatic carbocycles. The Hall–Kier alpha value is -1.36. The molecule has 0 saturated heterocycles. The fourth-order valence-electron chi connectivity index (χ4n) is 0.397. The van der Waals surface area contributed by atoms with Gasteiger partial charge in [0.15, 0.2) is 0 Å². The van der Waals surface area contributed by atoms with Gasteiger partial charge in [0.25, 0.3) is 12.9 Å². The number of rotatable bonds is 2. The van der Waals surface area contributed by atoms with Crippen LogP contribution in [0.15, 0.2) is 23.8 Å². The second kappa shape index (κ2) is 8.04. The molecule has 0 nitrogen and oxygen atoms in total. The first kappa shape index (κ1) is 20.9. The molecule has 0 saturated carbocycles. The quantitative estimate of drug-likeness (QED) is 0.474. The Morgan fingerprint density at radius 2 is 0.800 bits per heavy atom. The standard InChI is InChI=1S/2C4H2F6/c5-3(6,7)1-2-4(8,9)10;5-1(3(7)8)2(6)4(9)10/h1-2H;3-4H. The summed E-state index contributed by atoms with van der Waals surface area (Å²) in [7, 11) is 0. The van der Waals surface area contributed by atoms with Crippen LogP contribution in [0.4, 0.5) is 52.7 Å². The minimum atomic E-state index is -4.89. The fraction of sp³-hybridized carbons (Fsp3) is 0.500. The first-order chi connectivity index (χ1) is 8.67.